The highest BCUT2D eigenvalue weighted by Crippen LogP contribution is 2.34. The average molecular weight is 499 g/mol. The molecule has 0 amide bonds. The molecule has 1 aliphatic carbocycles. The standard InChI is InChI=1S/C27H24F2N8/c1-15-12-30-9-8-20(15)33-27-24-18(16-3-2-4-16)13-31-14-21(24)34-25(37-27)17-7-10-32-23(11-17)36-26-19(28)5-6-22(29)35-26/h2-7,10-11,13-15,20,30H,8-9,12H2,1H3,(H,32,35,36)(H,33,34,37). The molecule has 10 heteroatoms. The number of fused-ring (bicyclic) bond motifs is 1. The molecular weight excluding hydrogens is 474 g/mol. The molecule has 37 heavy (non-hydrogen) atoms. The van der Waals surface area contributed by atoms with Crippen LogP contribution in [0.2, 0.25) is 0 Å². The maximum atomic E-state index is 14.1. The van der Waals surface area contributed by atoms with Crippen molar-refractivity contribution in [3.63, 3.8) is 0 Å². The molecule has 6 rings (SSSR count). The summed E-state index contributed by atoms with van der Waals surface area (Å²) in [5.41, 5.74) is 3.42. The maximum absolute atomic E-state index is 14.1. The monoisotopic (exact) mass is 498 g/mol. The molecule has 1 aliphatic heterocycles. The number of rotatable bonds is 6. The molecule has 1 fully saturated rings. The lowest BCUT2D eigenvalue weighted by Crippen LogP contribution is -2.42. The quantitative estimate of drug-likeness (QED) is 0.324. The van der Waals surface area contributed by atoms with E-state index in [1.807, 2.05) is 24.4 Å². The van der Waals surface area contributed by atoms with Gasteiger partial charge in [-0.05, 0) is 55.3 Å². The summed E-state index contributed by atoms with van der Waals surface area (Å²) in [6, 6.07) is 5.67. The van der Waals surface area contributed by atoms with E-state index in [-0.39, 0.29) is 17.7 Å². The third kappa shape index (κ3) is 4.63. The molecule has 0 bridgehead atoms. The summed E-state index contributed by atoms with van der Waals surface area (Å²) in [6.45, 7) is 4.08. The molecule has 2 unspecified atom stereocenters. The average Bonchev–Trinajstić information content (AvgIpc) is 2.87. The van der Waals surface area contributed by atoms with E-state index in [2.05, 4.69) is 37.8 Å². The van der Waals surface area contributed by atoms with Gasteiger partial charge in [-0.15, -0.1) is 0 Å². The van der Waals surface area contributed by atoms with Crippen LogP contribution < -0.4 is 16.0 Å². The van der Waals surface area contributed by atoms with E-state index >= 15 is 0 Å². The van der Waals surface area contributed by atoms with Crippen LogP contribution in [0.4, 0.5) is 26.2 Å². The Morgan fingerprint density at radius 3 is 2.76 bits per heavy atom. The topological polar surface area (TPSA) is 101 Å². The minimum absolute atomic E-state index is 0.246. The van der Waals surface area contributed by atoms with Crippen molar-refractivity contribution in [1.82, 2.24) is 30.2 Å². The van der Waals surface area contributed by atoms with E-state index < -0.39 is 11.8 Å². The zero-order valence-electron chi connectivity index (χ0n) is 20.0. The van der Waals surface area contributed by atoms with Gasteiger partial charge in [-0.3, -0.25) is 4.98 Å². The van der Waals surface area contributed by atoms with E-state index in [1.54, 1.807) is 24.5 Å². The van der Waals surface area contributed by atoms with Crippen molar-refractivity contribution < 1.29 is 8.78 Å². The van der Waals surface area contributed by atoms with Gasteiger partial charge >= 0.3 is 0 Å². The van der Waals surface area contributed by atoms with Crippen molar-refractivity contribution in [2.45, 2.75) is 19.4 Å². The summed E-state index contributed by atoms with van der Waals surface area (Å²) >= 11 is 0. The molecule has 2 atom stereocenters. The van der Waals surface area contributed by atoms with E-state index in [1.165, 1.54) is 0 Å². The molecule has 1 saturated heterocycles. The maximum Gasteiger partial charge on any atom is 0.214 e. The van der Waals surface area contributed by atoms with Crippen LogP contribution in [0.3, 0.4) is 0 Å². The summed E-state index contributed by atoms with van der Waals surface area (Å²) in [4.78, 5) is 22.0. The van der Waals surface area contributed by atoms with E-state index in [9.17, 15) is 8.78 Å². The Labute approximate surface area is 212 Å². The summed E-state index contributed by atoms with van der Waals surface area (Å²) in [6.07, 6.45) is 12.2. The third-order valence-electron chi connectivity index (χ3n) is 6.65. The van der Waals surface area contributed by atoms with Gasteiger partial charge in [0.1, 0.15) is 11.6 Å². The van der Waals surface area contributed by atoms with Crippen LogP contribution in [0, 0.1) is 17.7 Å². The van der Waals surface area contributed by atoms with Gasteiger partial charge in [0.25, 0.3) is 0 Å². The Morgan fingerprint density at radius 2 is 1.95 bits per heavy atom. The number of nitrogens with one attached hydrogen (secondary N) is 3. The summed E-state index contributed by atoms with van der Waals surface area (Å²) in [5.74, 6) is 0.184. The fourth-order valence-electron chi connectivity index (χ4n) is 4.58. The van der Waals surface area contributed by atoms with Crippen molar-refractivity contribution in [2.75, 3.05) is 23.7 Å². The van der Waals surface area contributed by atoms with Gasteiger partial charge in [-0.1, -0.05) is 25.2 Å². The number of hydrogen-bond donors (Lipinski definition) is 3. The van der Waals surface area contributed by atoms with Crippen molar-refractivity contribution in [1.29, 1.82) is 0 Å². The molecular formula is C27H24F2N8. The molecule has 0 spiro atoms. The number of halogens is 2. The molecule has 5 heterocycles. The number of aromatic nitrogens is 5. The first-order valence-corrected chi connectivity index (χ1v) is 12.1. The van der Waals surface area contributed by atoms with E-state index in [0.29, 0.717) is 22.8 Å². The number of pyridine rings is 3. The van der Waals surface area contributed by atoms with E-state index in [0.717, 1.165) is 54.0 Å². The summed E-state index contributed by atoms with van der Waals surface area (Å²) in [7, 11) is 0. The molecule has 0 saturated carbocycles. The minimum Gasteiger partial charge on any atom is -0.366 e. The lowest BCUT2D eigenvalue weighted by Gasteiger charge is -2.31. The van der Waals surface area contributed by atoms with E-state index in [4.69, 9.17) is 9.97 Å². The van der Waals surface area contributed by atoms with Crippen molar-refractivity contribution in [2.24, 2.45) is 5.92 Å². The van der Waals surface area contributed by atoms with Crippen LogP contribution in [0.5, 0.6) is 0 Å². The van der Waals surface area contributed by atoms with Gasteiger partial charge in [-0.2, -0.15) is 9.37 Å². The van der Waals surface area contributed by atoms with Gasteiger partial charge in [0.15, 0.2) is 17.5 Å². The molecule has 8 nitrogen and oxygen atoms in total. The molecule has 3 N–H and O–H groups in total. The van der Waals surface area contributed by atoms with Gasteiger partial charge < -0.3 is 16.0 Å². The Hall–Kier alpha value is -4.31. The normalized spacial score (nSPS) is 18.8. The Kier molecular flexibility index (Phi) is 6.01. The van der Waals surface area contributed by atoms with Crippen LogP contribution in [0.1, 0.15) is 18.9 Å². The summed E-state index contributed by atoms with van der Waals surface area (Å²) < 4.78 is 27.7. The number of piperidine rings is 1. The largest absolute Gasteiger partial charge is 0.366 e. The SMILES string of the molecule is CC1CNCCC1Nc1nc(-c2ccnc(Nc3nc(F)ccc3F)c2)nc2cncc(C3=CC=C3)c12. The highest BCUT2D eigenvalue weighted by molar-refractivity contribution is 6.02. The molecule has 2 aliphatic rings. The zero-order chi connectivity index (χ0) is 25.4. The Bertz CT molecular complexity index is 1550. The lowest BCUT2D eigenvalue weighted by molar-refractivity contribution is 0.368. The van der Waals surface area contributed by atoms with Crippen molar-refractivity contribution in [3.05, 3.63) is 78.4 Å². The van der Waals surface area contributed by atoms with Gasteiger partial charge in [0.05, 0.1) is 17.1 Å². The lowest BCUT2D eigenvalue weighted by atomic mass is 9.94. The molecule has 186 valence electrons. The zero-order valence-corrected chi connectivity index (χ0v) is 20.0. The smallest absolute Gasteiger partial charge is 0.214 e. The third-order valence-corrected chi connectivity index (χ3v) is 6.65. The fourth-order valence-corrected chi connectivity index (χ4v) is 4.58. The predicted molar refractivity (Wildman–Crippen MR) is 139 cm³/mol. The number of anilines is 3. The first kappa shape index (κ1) is 23.1. The highest BCUT2D eigenvalue weighted by atomic mass is 19.1. The number of allylic oxidation sites excluding steroid dienone is 4. The molecule has 4 aromatic heterocycles. The van der Waals surface area contributed by atoms with Gasteiger partial charge in [-0.25, -0.2) is 19.3 Å². The summed E-state index contributed by atoms with van der Waals surface area (Å²) in [5, 5.41) is 10.8. The predicted octanol–water partition coefficient (Wildman–Crippen LogP) is 4.87. The second-order valence-electron chi connectivity index (χ2n) is 9.20. The molecule has 4 aromatic rings. The van der Waals surface area contributed by atoms with Gasteiger partial charge in [0.2, 0.25) is 5.95 Å². The Morgan fingerprint density at radius 1 is 1.05 bits per heavy atom. The fraction of sp³-hybridized carbons (Fsp3) is 0.222. The van der Waals surface area contributed by atoms with Crippen LogP contribution in [-0.2, 0) is 0 Å². The van der Waals surface area contributed by atoms with Crippen LogP contribution in [0.25, 0.3) is 27.9 Å². The van der Waals surface area contributed by atoms with Gasteiger partial charge in [0, 0.05) is 29.6 Å². The minimum atomic E-state index is -0.791. The first-order chi connectivity index (χ1) is 18.0. The van der Waals surface area contributed by atoms with Crippen LogP contribution in [0.15, 0.2) is 61.1 Å². The highest BCUT2D eigenvalue weighted by Gasteiger charge is 2.24. The van der Waals surface area contributed by atoms with Crippen LogP contribution in [-0.4, -0.2) is 44.1 Å². The Balaban J connectivity index is 1.42. The first-order valence-electron chi connectivity index (χ1n) is 12.1. The number of hydrogen-bond acceptors (Lipinski definition) is 8. The number of nitrogens with zero attached hydrogens (tertiary/aromatic N) is 5. The van der Waals surface area contributed by atoms with Crippen molar-refractivity contribution in [3.8, 4) is 11.4 Å². The molecule has 0 radical (unpaired) electrons. The van der Waals surface area contributed by atoms with Crippen molar-refractivity contribution >= 4 is 33.9 Å². The molecule has 0 aromatic carbocycles. The van der Waals surface area contributed by atoms with Crippen LogP contribution >= 0.6 is 0 Å². The second kappa shape index (κ2) is 9.62. The second-order valence-corrected chi connectivity index (χ2v) is 9.20.